The number of nitrogens with one attached hydrogen (secondary N) is 1. The molecule has 4 aromatic rings. The number of rotatable bonds is 7. The first-order chi connectivity index (χ1) is 17.2. The first-order valence-corrected chi connectivity index (χ1v) is 12.6. The second-order valence-electron chi connectivity index (χ2n) is 9.37. The fraction of sp³-hybridized carbons (Fsp3) is 0.214. The predicted octanol–water partition coefficient (Wildman–Crippen LogP) is 5.57. The Hall–Kier alpha value is -3.91. The number of aromatic nitrogens is 3. The highest BCUT2D eigenvalue weighted by Crippen LogP contribution is 2.30. The molecule has 0 aliphatic rings. The molecule has 0 spiro atoms. The van der Waals surface area contributed by atoms with Crippen molar-refractivity contribution in [1.29, 1.82) is 0 Å². The zero-order chi connectivity index (χ0) is 25.7. The van der Waals surface area contributed by atoms with E-state index in [-0.39, 0.29) is 22.8 Å². The van der Waals surface area contributed by atoms with Gasteiger partial charge in [0.25, 0.3) is 5.91 Å². The zero-order valence-corrected chi connectivity index (χ0v) is 21.6. The number of thioether (sulfide) groups is 1. The van der Waals surface area contributed by atoms with E-state index in [1.165, 1.54) is 17.3 Å². The normalized spacial score (nSPS) is 11.9. The Labute approximate surface area is 215 Å². The first kappa shape index (κ1) is 25.2. The number of hydrogen-bond acceptors (Lipinski definition) is 6. The number of para-hydroxylation sites is 1. The van der Waals surface area contributed by atoms with E-state index < -0.39 is 0 Å². The van der Waals surface area contributed by atoms with Crippen LogP contribution in [0.1, 0.15) is 38.8 Å². The van der Waals surface area contributed by atoms with Gasteiger partial charge in [0.05, 0.1) is 11.5 Å². The third kappa shape index (κ3) is 6.01. The number of amides is 1. The van der Waals surface area contributed by atoms with Gasteiger partial charge in [-0.25, -0.2) is 5.43 Å². The number of phenols is 1. The van der Waals surface area contributed by atoms with Gasteiger partial charge in [-0.1, -0.05) is 75.0 Å². The van der Waals surface area contributed by atoms with Crippen molar-refractivity contribution in [1.82, 2.24) is 20.2 Å². The van der Waals surface area contributed by atoms with Gasteiger partial charge in [-0.15, -0.1) is 10.2 Å². The van der Waals surface area contributed by atoms with Crippen LogP contribution in [0.15, 0.2) is 89.1 Å². The summed E-state index contributed by atoms with van der Waals surface area (Å²) in [6.45, 7) is 8.35. The van der Waals surface area contributed by atoms with E-state index in [0.717, 1.165) is 16.8 Å². The van der Waals surface area contributed by atoms with Crippen molar-refractivity contribution < 1.29 is 9.90 Å². The van der Waals surface area contributed by atoms with Crippen molar-refractivity contribution in [2.24, 2.45) is 5.10 Å². The van der Waals surface area contributed by atoms with Crippen molar-refractivity contribution in [2.75, 3.05) is 5.75 Å². The molecular weight excluding hydrogens is 470 g/mol. The third-order valence-corrected chi connectivity index (χ3v) is 6.55. The van der Waals surface area contributed by atoms with Gasteiger partial charge < -0.3 is 5.11 Å². The molecule has 0 radical (unpaired) electrons. The minimum Gasteiger partial charge on any atom is -0.508 e. The van der Waals surface area contributed by atoms with Gasteiger partial charge in [0, 0.05) is 11.3 Å². The van der Waals surface area contributed by atoms with Crippen LogP contribution in [0.25, 0.3) is 17.1 Å². The summed E-state index contributed by atoms with van der Waals surface area (Å²) < 4.78 is 1.97. The molecule has 0 saturated carbocycles. The van der Waals surface area contributed by atoms with Crippen LogP contribution in [0, 0.1) is 0 Å². The quantitative estimate of drug-likeness (QED) is 0.197. The molecule has 0 unspecified atom stereocenters. The average Bonchev–Trinajstić information content (AvgIpc) is 3.30. The molecule has 36 heavy (non-hydrogen) atoms. The van der Waals surface area contributed by atoms with Gasteiger partial charge in [-0.3, -0.25) is 9.36 Å². The lowest BCUT2D eigenvalue weighted by Gasteiger charge is -2.19. The maximum Gasteiger partial charge on any atom is 0.250 e. The summed E-state index contributed by atoms with van der Waals surface area (Å²) in [5.74, 6) is 0.766. The fourth-order valence-electron chi connectivity index (χ4n) is 3.56. The minimum absolute atomic E-state index is 0.0587. The van der Waals surface area contributed by atoms with Crippen LogP contribution in [-0.2, 0) is 10.2 Å². The van der Waals surface area contributed by atoms with E-state index in [9.17, 15) is 9.90 Å². The van der Waals surface area contributed by atoms with E-state index in [0.29, 0.717) is 16.7 Å². The molecule has 0 saturated heterocycles. The largest absolute Gasteiger partial charge is 0.508 e. The molecule has 0 bridgehead atoms. The van der Waals surface area contributed by atoms with Gasteiger partial charge in [-0.05, 0) is 59.9 Å². The Morgan fingerprint density at radius 1 is 0.972 bits per heavy atom. The maximum absolute atomic E-state index is 12.5. The minimum atomic E-state index is -0.253. The fourth-order valence-corrected chi connectivity index (χ4v) is 4.30. The SMILES string of the molecule is CC(=NNC(=O)CSc1nnc(-c2ccc(C(C)(C)C)cc2)n1-c1ccccc1)c1ccc(O)cc1. The number of phenolic OH excluding ortho intramolecular Hbond substituents is 1. The van der Waals surface area contributed by atoms with Gasteiger partial charge in [0.15, 0.2) is 11.0 Å². The second-order valence-corrected chi connectivity index (χ2v) is 10.3. The van der Waals surface area contributed by atoms with Crippen molar-refractivity contribution in [3.63, 3.8) is 0 Å². The highest BCUT2D eigenvalue weighted by Gasteiger charge is 2.19. The number of carbonyl (C=O) groups excluding carboxylic acids is 1. The molecule has 8 heteroatoms. The summed E-state index contributed by atoms with van der Waals surface area (Å²) in [6.07, 6.45) is 0. The number of hydrogen-bond donors (Lipinski definition) is 2. The highest BCUT2D eigenvalue weighted by atomic mass is 32.2. The Bertz CT molecular complexity index is 1360. The van der Waals surface area contributed by atoms with Crippen LogP contribution in [0.4, 0.5) is 0 Å². The molecule has 184 valence electrons. The summed E-state index contributed by atoms with van der Waals surface area (Å²) in [6, 6.07) is 24.9. The summed E-state index contributed by atoms with van der Waals surface area (Å²) >= 11 is 1.30. The molecule has 7 nitrogen and oxygen atoms in total. The van der Waals surface area contributed by atoms with Crippen molar-refractivity contribution in [3.05, 3.63) is 90.0 Å². The number of aromatic hydroxyl groups is 1. The Kier molecular flexibility index (Phi) is 7.55. The maximum atomic E-state index is 12.5. The van der Waals surface area contributed by atoms with Crippen molar-refractivity contribution in [3.8, 4) is 22.8 Å². The molecule has 0 fully saturated rings. The molecular formula is C28H29N5O2S. The Morgan fingerprint density at radius 3 is 2.28 bits per heavy atom. The van der Waals surface area contributed by atoms with Crippen LogP contribution >= 0.6 is 11.8 Å². The van der Waals surface area contributed by atoms with E-state index in [1.807, 2.05) is 34.9 Å². The molecule has 1 amide bonds. The first-order valence-electron chi connectivity index (χ1n) is 11.6. The molecule has 1 aromatic heterocycles. The van der Waals surface area contributed by atoms with Crippen LogP contribution in [0.3, 0.4) is 0 Å². The number of hydrazone groups is 1. The Morgan fingerprint density at radius 2 is 1.64 bits per heavy atom. The summed E-state index contributed by atoms with van der Waals surface area (Å²) in [5.41, 5.74) is 7.21. The van der Waals surface area contributed by atoms with Gasteiger partial charge in [0.1, 0.15) is 5.75 Å². The standard InChI is InChI=1S/C28H29N5O2S/c1-19(20-12-16-24(34)17-13-20)29-30-25(35)18-36-27-32-31-26(33(27)23-8-6-5-7-9-23)21-10-14-22(15-11-21)28(2,3)4/h5-17,34H,18H2,1-4H3,(H,30,35). The molecule has 0 atom stereocenters. The van der Waals surface area contributed by atoms with Crippen LogP contribution < -0.4 is 5.43 Å². The summed E-state index contributed by atoms with van der Waals surface area (Å²) in [4.78, 5) is 12.5. The lowest BCUT2D eigenvalue weighted by atomic mass is 9.87. The average molecular weight is 500 g/mol. The molecule has 2 N–H and O–H groups in total. The molecule has 0 aliphatic heterocycles. The van der Waals surface area contributed by atoms with Crippen LogP contribution in [-0.4, -0.2) is 37.2 Å². The third-order valence-electron chi connectivity index (χ3n) is 5.62. The highest BCUT2D eigenvalue weighted by molar-refractivity contribution is 7.99. The number of nitrogens with zero attached hydrogens (tertiary/aromatic N) is 4. The lowest BCUT2D eigenvalue weighted by Crippen LogP contribution is -2.21. The predicted molar refractivity (Wildman–Crippen MR) is 145 cm³/mol. The molecule has 4 rings (SSSR count). The number of carbonyl (C=O) groups is 1. The second kappa shape index (κ2) is 10.8. The van der Waals surface area contributed by atoms with Crippen molar-refractivity contribution >= 4 is 23.4 Å². The summed E-state index contributed by atoms with van der Waals surface area (Å²) in [7, 11) is 0. The zero-order valence-electron chi connectivity index (χ0n) is 20.8. The van der Waals surface area contributed by atoms with Crippen molar-refractivity contribution in [2.45, 2.75) is 38.3 Å². The molecule has 0 aliphatic carbocycles. The van der Waals surface area contributed by atoms with Gasteiger partial charge in [0.2, 0.25) is 0 Å². The van der Waals surface area contributed by atoms with Crippen LogP contribution in [0.5, 0.6) is 5.75 Å². The molecule has 1 heterocycles. The summed E-state index contributed by atoms with van der Waals surface area (Å²) in [5, 5.41) is 23.1. The topological polar surface area (TPSA) is 92.4 Å². The van der Waals surface area contributed by atoms with Gasteiger partial charge >= 0.3 is 0 Å². The number of benzene rings is 3. The monoisotopic (exact) mass is 499 g/mol. The van der Waals surface area contributed by atoms with E-state index in [1.54, 1.807) is 31.2 Å². The lowest BCUT2D eigenvalue weighted by molar-refractivity contribution is -0.118. The van der Waals surface area contributed by atoms with Gasteiger partial charge in [-0.2, -0.15) is 5.10 Å². The van der Waals surface area contributed by atoms with Crippen LogP contribution in [0.2, 0.25) is 0 Å². The van der Waals surface area contributed by atoms with E-state index >= 15 is 0 Å². The smallest absolute Gasteiger partial charge is 0.250 e. The molecule has 3 aromatic carbocycles. The van der Waals surface area contributed by atoms with E-state index in [2.05, 4.69) is 65.8 Å². The van der Waals surface area contributed by atoms with E-state index in [4.69, 9.17) is 0 Å². The Balaban J connectivity index is 1.53.